The van der Waals surface area contributed by atoms with Crippen LogP contribution in [-0.2, 0) is 5.54 Å². The molecule has 0 saturated carbocycles. The molecule has 3 aromatic rings. The molecule has 2 aromatic carbocycles. The van der Waals surface area contributed by atoms with E-state index in [0.717, 1.165) is 22.4 Å². The van der Waals surface area contributed by atoms with Crippen molar-refractivity contribution < 1.29 is 5.11 Å². The van der Waals surface area contributed by atoms with Gasteiger partial charge in [0, 0.05) is 5.56 Å². The highest BCUT2D eigenvalue weighted by molar-refractivity contribution is 5.84. The molecule has 1 N–H and O–H groups in total. The van der Waals surface area contributed by atoms with Crippen LogP contribution in [0.3, 0.4) is 0 Å². The summed E-state index contributed by atoms with van der Waals surface area (Å²) >= 11 is 0. The first-order valence-electron chi connectivity index (χ1n) is 7.83. The summed E-state index contributed by atoms with van der Waals surface area (Å²) in [6.07, 6.45) is 0. The summed E-state index contributed by atoms with van der Waals surface area (Å²) in [7, 11) is 0. The SMILES string of the molecule is Cc1ccc(-c2nn(C(C)(C)C)c(O)c2-c2ccccc2)cc1. The average molecular weight is 306 g/mol. The monoisotopic (exact) mass is 306 g/mol. The van der Waals surface area contributed by atoms with Gasteiger partial charge in [-0.3, -0.25) is 0 Å². The second-order valence-corrected chi connectivity index (χ2v) is 6.86. The van der Waals surface area contributed by atoms with Gasteiger partial charge in [0.2, 0.25) is 5.88 Å². The number of rotatable bonds is 2. The van der Waals surface area contributed by atoms with Crippen molar-refractivity contribution in [1.29, 1.82) is 0 Å². The van der Waals surface area contributed by atoms with E-state index < -0.39 is 0 Å². The van der Waals surface area contributed by atoms with Gasteiger partial charge in [-0.1, -0.05) is 60.2 Å². The third-order valence-corrected chi connectivity index (χ3v) is 3.88. The Hall–Kier alpha value is -2.55. The van der Waals surface area contributed by atoms with Crippen LogP contribution in [0, 0.1) is 6.92 Å². The first kappa shape index (κ1) is 15.3. The predicted molar refractivity (Wildman–Crippen MR) is 94.5 cm³/mol. The van der Waals surface area contributed by atoms with Crippen LogP contribution in [0.2, 0.25) is 0 Å². The number of aromatic nitrogens is 2. The molecular formula is C20H22N2O. The summed E-state index contributed by atoms with van der Waals surface area (Å²) in [6, 6.07) is 18.2. The van der Waals surface area contributed by atoms with E-state index in [0.29, 0.717) is 0 Å². The maximum absolute atomic E-state index is 10.8. The lowest BCUT2D eigenvalue weighted by molar-refractivity contribution is 0.296. The molecule has 0 unspecified atom stereocenters. The van der Waals surface area contributed by atoms with Gasteiger partial charge in [0.15, 0.2) is 0 Å². The van der Waals surface area contributed by atoms with Crippen molar-refractivity contribution in [2.24, 2.45) is 0 Å². The summed E-state index contributed by atoms with van der Waals surface area (Å²) in [5.41, 5.74) is 4.47. The van der Waals surface area contributed by atoms with Crippen LogP contribution in [0.5, 0.6) is 5.88 Å². The zero-order valence-electron chi connectivity index (χ0n) is 14.0. The van der Waals surface area contributed by atoms with E-state index in [1.165, 1.54) is 5.56 Å². The van der Waals surface area contributed by atoms with Crippen molar-refractivity contribution in [3.8, 4) is 28.3 Å². The quantitative estimate of drug-likeness (QED) is 0.724. The molecule has 0 aliphatic heterocycles. The molecule has 0 aliphatic carbocycles. The van der Waals surface area contributed by atoms with E-state index in [4.69, 9.17) is 5.10 Å². The minimum Gasteiger partial charge on any atom is -0.493 e. The molecule has 0 aliphatic rings. The maximum atomic E-state index is 10.8. The Balaban J connectivity index is 2.28. The van der Waals surface area contributed by atoms with Gasteiger partial charge < -0.3 is 5.11 Å². The smallest absolute Gasteiger partial charge is 0.218 e. The van der Waals surface area contributed by atoms with E-state index in [2.05, 4.69) is 31.2 Å². The van der Waals surface area contributed by atoms with Crippen molar-refractivity contribution >= 4 is 0 Å². The molecular weight excluding hydrogens is 284 g/mol. The predicted octanol–water partition coefficient (Wildman–Crippen LogP) is 4.99. The van der Waals surface area contributed by atoms with Gasteiger partial charge in [-0.2, -0.15) is 5.10 Å². The van der Waals surface area contributed by atoms with E-state index in [9.17, 15) is 5.11 Å². The van der Waals surface area contributed by atoms with E-state index >= 15 is 0 Å². The third-order valence-electron chi connectivity index (χ3n) is 3.88. The zero-order valence-corrected chi connectivity index (χ0v) is 14.0. The topological polar surface area (TPSA) is 38.0 Å². The molecule has 0 amide bonds. The highest BCUT2D eigenvalue weighted by Crippen LogP contribution is 2.40. The summed E-state index contributed by atoms with van der Waals surface area (Å²) < 4.78 is 1.70. The van der Waals surface area contributed by atoms with Crippen LogP contribution in [0.25, 0.3) is 22.4 Å². The normalized spacial score (nSPS) is 11.7. The number of benzene rings is 2. The van der Waals surface area contributed by atoms with Crippen LogP contribution in [0.15, 0.2) is 54.6 Å². The van der Waals surface area contributed by atoms with E-state index in [1.807, 2.05) is 51.1 Å². The van der Waals surface area contributed by atoms with Crippen molar-refractivity contribution in [3.05, 3.63) is 60.2 Å². The fourth-order valence-electron chi connectivity index (χ4n) is 2.66. The third kappa shape index (κ3) is 2.87. The van der Waals surface area contributed by atoms with Crippen molar-refractivity contribution in [2.45, 2.75) is 33.2 Å². The van der Waals surface area contributed by atoms with Crippen LogP contribution in [0.4, 0.5) is 0 Å². The fraction of sp³-hybridized carbons (Fsp3) is 0.250. The van der Waals surface area contributed by atoms with Gasteiger partial charge in [0.05, 0.1) is 11.1 Å². The fourth-order valence-corrected chi connectivity index (χ4v) is 2.66. The number of hydrogen-bond donors (Lipinski definition) is 1. The molecule has 1 aromatic heterocycles. The van der Waals surface area contributed by atoms with E-state index in [1.54, 1.807) is 4.68 Å². The lowest BCUT2D eigenvalue weighted by Crippen LogP contribution is -2.22. The molecule has 3 heteroatoms. The second kappa shape index (κ2) is 5.58. The molecule has 0 saturated heterocycles. The Bertz CT molecular complexity index is 809. The minimum absolute atomic E-state index is 0.208. The van der Waals surface area contributed by atoms with E-state index in [-0.39, 0.29) is 11.4 Å². The number of hydrogen-bond acceptors (Lipinski definition) is 2. The molecule has 0 bridgehead atoms. The zero-order chi connectivity index (χ0) is 16.6. The van der Waals surface area contributed by atoms with Gasteiger partial charge in [-0.15, -0.1) is 0 Å². The first-order valence-corrected chi connectivity index (χ1v) is 7.83. The standard InChI is InChI=1S/C20H22N2O/c1-14-10-12-16(13-11-14)18-17(15-8-6-5-7-9-15)19(23)22(21-18)20(2,3)4/h5-13,23H,1-4H3. The summed E-state index contributed by atoms with van der Waals surface area (Å²) in [5, 5.41) is 15.5. The van der Waals surface area contributed by atoms with Crippen LogP contribution < -0.4 is 0 Å². The van der Waals surface area contributed by atoms with Gasteiger partial charge in [-0.25, -0.2) is 4.68 Å². The highest BCUT2D eigenvalue weighted by atomic mass is 16.3. The molecule has 0 radical (unpaired) electrons. The van der Waals surface area contributed by atoms with Crippen LogP contribution >= 0.6 is 0 Å². The molecule has 118 valence electrons. The molecule has 0 spiro atoms. The lowest BCUT2D eigenvalue weighted by Gasteiger charge is -2.20. The van der Waals surface area contributed by atoms with Gasteiger partial charge in [-0.05, 0) is 33.3 Å². The molecule has 0 fully saturated rings. The average Bonchev–Trinajstić information content (AvgIpc) is 2.86. The number of aromatic hydroxyl groups is 1. The molecule has 23 heavy (non-hydrogen) atoms. The minimum atomic E-state index is -0.295. The first-order chi connectivity index (χ1) is 10.9. The molecule has 3 nitrogen and oxygen atoms in total. The maximum Gasteiger partial charge on any atom is 0.218 e. The second-order valence-electron chi connectivity index (χ2n) is 6.86. The summed E-state index contributed by atoms with van der Waals surface area (Å²) in [4.78, 5) is 0. The van der Waals surface area contributed by atoms with Crippen molar-refractivity contribution in [2.75, 3.05) is 0 Å². The van der Waals surface area contributed by atoms with Crippen LogP contribution in [-0.4, -0.2) is 14.9 Å². The largest absolute Gasteiger partial charge is 0.493 e. The molecule has 0 atom stereocenters. The Kier molecular flexibility index (Phi) is 3.72. The van der Waals surface area contributed by atoms with Crippen molar-refractivity contribution in [3.63, 3.8) is 0 Å². The van der Waals surface area contributed by atoms with Crippen LogP contribution in [0.1, 0.15) is 26.3 Å². The number of nitrogens with zero attached hydrogens (tertiary/aromatic N) is 2. The lowest BCUT2D eigenvalue weighted by atomic mass is 10.0. The molecule has 1 heterocycles. The Morgan fingerprint density at radius 1 is 0.870 bits per heavy atom. The molecule has 3 rings (SSSR count). The Morgan fingerprint density at radius 2 is 1.48 bits per heavy atom. The summed E-state index contributed by atoms with van der Waals surface area (Å²) in [5.74, 6) is 0.208. The van der Waals surface area contributed by atoms with Gasteiger partial charge >= 0.3 is 0 Å². The summed E-state index contributed by atoms with van der Waals surface area (Å²) in [6.45, 7) is 8.17. The van der Waals surface area contributed by atoms with Gasteiger partial charge in [0.25, 0.3) is 0 Å². The highest BCUT2D eigenvalue weighted by Gasteiger charge is 2.26. The Morgan fingerprint density at radius 3 is 2.04 bits per heavy atom. The van der Waals surface area contributed by atoms with Crippen molar-refractivity contribution in [1.82, 2.24) is 9.78 Å². The number of aryl methyl sites for hydroxylation is 1. The Labute approximate surface area is 137 Å². The van der Waals surface area contributed by atoms with Gasteiger partial charge in [0.1, 0.15) is 5.69 Å².